The van der Waals surface area contributed by atoms with Crippen LogP contribution in [0.2, 0.25) is 0 Å². The minimum Gasteiger partial charge on any atom is -0.493 e. The monoisotopic (exact) mass is 464 g/mol. The van der Waals surface area contributed by atoms with Gasteiger partial charge in [-0.2, -0.15) is 0 Å². The lowest BCUT2D eigenvalue weighted by molar-refractivity contribution is -0.142. The number of nitrogens with zero attached hydrogens (tertiary/aromatic N) is 2. The Bertz CT molecular complexity index is 1150. The maximum Gasteiger partial charge on any atom is 0.328 e. The maximum absolute atomic E-state index is 13.5. The van der Waals surface area contributed by atoms with Crippen LogP contribution in [0.1, 0.15) is 28.6 Å². The van der Waals surface area contributed by atoms with E-state index >= 15 is 0 Å². The van der Waals surface area contributed by atoms with Gasteiger partial charge in [-0.3, -0.25) is 0 Å². The van der Waals surface area contributed by atoms with Gasteiger partial charge in [0.1, 0.15) is 12.1 Å². The number of ether oxygens (including phenoxy) is 3. The molecule has 0 bridgehead atoms. The number of aromatic nitrogens is 2. The molecule has 3 aromatic rings. The predicted molar refractivity (Wildman–Crippen MR) is 125 cm³/mol. The van der Waals surface area contributed by atoms with E-state index in [1.807, 2.05) is 42.5 Å². The Labute approximate surface area is 198 Å². The summed E-state index contributed by atoms with van der Waals surface area (Å²) in [4.78, 5) is 35.4. The van der Waals surface area contributed by atoms with Crippen LogP contribution in [0.5, 0.6) is 11.5 Å². The zero-order chi connectivity index (χ0) is 24.1. The molecule has 9 heteroatoms. The first-order valence-electron chi connectivity index (χ1n) is 11.0. The fraction of sp³-hybridized carbons (Fsp3) is 0.320. The second kappa shape index (κ2) is 10.3. The van der Waals surface area contributed by atoms with Crippen LogP contribution < -0.4 is 14.8 Å². The van der Waals surface area contributed by atoms with Gasteiger partial charge in [0, 0.05) is 25.1 Å². The quantitative estimate of drug-likeness (QED) is 0.521. The Balaban J connectivity index is 1.64. The van der Waals surface area contributed by atoms with Crippen LogP contribution in [0.3, 0.4) is 0 Å². The van der Waals surface area contributed by atoms with Crippen LogP contribution in [-0.2, 0) is 22.4 Å². The summed E-state index contributed by atoms with van der Waals surface area (Å²) in [5.74, 6) is 0.644. The van der Waals surface area contributed by atoms with Crippen molar-refractivity contribution in [1.29, 1.82) is 0 Å². The van der Waals surface area contributed by atoms with Gasteiger partial charge in [0.2, 0.25) is 0 Å². The molecule has 0 spiro atoms. The van der Waals surface area contributed by atoms with Crippen LogP contribution >= 0.6 is 0 Å². The van der Waals surface area contributed by atoms with Crippen LogP contribution in [0.15, 0.2) is 54.9 Å². The molecule has 0 radical (unpaired) electrons. The summed E-state index contributed by atoms with van der Waals surface area (Å²) in [6, 6.07) is 13.4. The Hall–Kier alpha value is -4.01. The van der Waals surface area contributed by atoms with Gasteiger partial charge < -0.3 is 29.4 Å². The van der Waals surface area contributed by atoms with Crippen LogP contribution in [-0.4, -0.2) is 60.8 Å². The highest BCUT2D eigenvalue weighted by molar-refractivity contribution is 5.84. The highest BCUT2D eigenvalue weighted by Crippen LogP contribution is 2.37. The number of hydrogen-bond donors (Lipinski definition) is 2. The van der Waals surface area contributed by atoms with E-state index in [-0.39, 0.29) is 6.03 Å². The second-order valence-electron chi connectivity index (χ2n) is 7.94. The van der Waals surface area contributed by atoms with Crippen molar-refractivity contribution in [2.75, 3.05) is 27.9 Å². The van der Waals surface area contributed by atoms with Gasteiger partial charge >= 0.3 is 12.0 Å². The van der Waals surface area contributed by atoms with E-state index in [1.54, 1.807) is 31.5 Å². The van der Waals surface area contributed by atoms with E-state index in [0.717, 1.165) is 22.5 Å². The summed E-state index contributed by atoms with van der Waals surface area (Å²) in [5, 5.41) is 2.88. The van der Waals surface area contributed by atoms with E-state index in [2.05, 4.69) is 15.3 Å². The summed E-state index contributed by atoms with van der Waals surface area (Å²) in [5.41, 5.74) is 3.46. The lowest BCUT2D eigenvalue weighted by Gasteiger charge is -2.36. The number of fused-ring (bicyclic) bond motifs is 1. The molecule has 34 heavy (non-hydrogen) atoms. The van der Waals surface area contributed by atoms with Crippen molar-refractivity contribution in [2.45, 2.75) is 24.9 Å². The van der Waals surface area contributed by atoms with E-state index in [1.165, 1.54) is 7.11 Å². The van der Waals surface area contributed by atoms with Crippen LogP contribution in [0, 0.1) is 0 Å². The molecular formula is C25H28N4O5. The number of esters is 1. The summed E-state index contributed by atoms with van der Waals surface area (Å²) < 4.78 is 15.8. The Morgan fingerprint density at radius 2 is 1.88 bits per heavy atom. The van der Waals surface area contributed by atoms with Crippen molar-refractivity contribution >= 4 is 12.0 Å². The second-order valence-corrected chi connectivity index (χ2v) is 7.94. The van der Waals surface area contributed by atoms with Crippen molar-refractivity contribution in [2.24, 2.45) is 0 Å². The highest BCUT2D eigenvalue weighted by Gasteiger charge is 2.36. The van der Waals surface area contributed by atoms with Crippen molar-refractivity contribution in [3.05, 3.63) is 77.4 Å². The molecule has 1 aromatic heterocycles. The topological polar surface area (TPSA) is 106 Å². The first-order chi connectivity index (χ1) is 16.5. The number of hydrogen-bond acceptors (Lipinski definition) is 6. The number of carbonyl (C=O) groups excluding carboxylic acids is 2. The number of rotatable bonds is 7. The lowest BCUT2D eigenvalue weighted by atomic mass is 9.95. The fourth-order valence-electron chi connectivity index (χ4n) is 4.27. The minimum absolute atomic E-state index is 0.321. The first-order valence-corrected chi connectivity index (χ1v) is 11.0. The average molecular weight is 465 g/mol. The van der Waals surface area contributed by atoms with E-state index in [4.69, 9.17) is 14.2 Å². The predicted octanol–water partition coefficient (Wildman–Crippen LogP) is 2.87. The van der Waals surface area contributed by atoms with Gasteiger partial charge in [-0.15, -0.1) is 0 Å². The first kappa shape index (κ1) is 23.2. The third kappa shape index (κ3) is 4.68. The molecule has 2 amide bonds. The molecule has 2 aromatic carbocycles. The van der Waals surface area contributed by atoms with E-state index in [9.17, 15) is 9.59 Å². The number of nitrogens with one attached hydrogen (secondary N) is 2. The number of amides is 2. The molecule has 2 heterocycles. The molecule has 0 saturated carbocycles. The van der Waals surface area contributed by atoms with E-state index < -0.39 is 18.1 Å². The zero-order valence-electron chi connectivity index (χ0n) is 19.4. The normalized spacial score (nSPS) is 15.7. The smallest absolute Gasteiger partial charge is 0.328 e. The number of benzene rings is 2. The van der Waals surface area contributed by atoms with Crippen LogP contribution in [0.25, 0.3) is 0 Å². The molecule has 4 rings (SSSR count). The van der Waals surface area contributed by atoms with Crippen molar-refractivity contribution in [3.8, 4) is 11.5 Å². The fourth-order valence-corrected chi connectivity index (χ4v) is 4.27. The third-order valence-corrected chi connectivity index (χ3v) is 5.98. The van der Waals surface area contributed by atoms with Crippen molar-refractivity contribution in [3.63, 3.8) is 0 Å². The SMILES string of the molecule is COC(=O)C(Cc1ccccc1)NC(=O)N1CCc2[nH]cnc2C1c1ccc(OC)c(OC)c1. The lowest BCUT2D eigenvalue weighted by Crippen LogP contribution is -2.52. The number of carbonyl (C=O) groups is 2. The van der Waals surface area contributed by atoms with Gasteiger partial charge in [-0.1, -0.05) is 36.4 Å². The number of methoxy groups -OCH3 is 3. The average Bonchev–Trinajstić information content (AvgIpc) is 3.36. The molecule has 0 saturated heterocycles. The number of imidazole rings is 1. The van der Waals surface area contributed by atoms with Crippen molar-refractivity contribution in [1.82, 2.24) is 20.2 Å². The maximum atomic E-state index is 13.5. The zero-order valence-corrected chi connectivity index (χ0v) is 19.4. The molecule has 2 atom stereocenters. The number of H-pyrrole nitrogens is 1. The van der Waals surface area contributed by atoms with Gasteiger partial charge in [0.05, 0.1) is 33.4 Å². The molecule has 2 N–H and O–H groups in total. The van der Waals surface area contributed by atoms with E-state index in [0.29, 0.717) is 30.9 Å². The molecule has 1 aliphatic heterocycles. The Kier molecular flexibility index (Phi) is 7.01. The number of aromatic amines is 1. The van der Waals surface area contributed by atoms with Crippen molar-refractivity contribution < 1.29 is 23.8 Å². The molecule has 178 valence electrons. The highest BCUT2D eigenvalue weighted by atomic mass is 16.5. The largest absolute Gasteiger partial charge is 0.493 e. The Morgan fingerprint density at radius 1 is 1.12 bits per heavy atom. The molecule has 0 fully saturated rings. The molecule has 1 aliphatic rings. The molecular weight excluding hydrogens is 436 g/mol. The number of urea groups is 1. The molecule has 9 nitrogen and oxygen atoms in total. The molecule has 2 unspecified atom stereocenters. The minimum atomic E-state index is -0.827. The Morgan fingerprint density at radius 3 is 2.59 bits per heavy atom. The summed E-state index contributed by atoms with van der Waals surface area (Å²) in [7, 11) is 4.46. The van der Waals surface area contributed by atoms with Gasteiger partial charge in [-0.25, -0.2) is 14.6 Å². The van der Waals surface area contributed by atoms with Gasteiger partial charge in [0.15, 0.2) is 11.5 Å². The summed E-state index contributed by atoms with van der Waals surface area (Å²) in [6.07, 6.45) is 2.57. The van der Waals surface area contributed by atoms with Gasteiger partial charge in [-0.05, 0) is 23.3 Å². The standard InChI is InChI=1S/C25H28N4O5/c1-32-20-10-9-17(14-21(20)33-2)23-22-18(26-15-27-22)11-12-29(23)25(31)28-19(24(30)34-3)13-16-7-5-4-6-8-16/h4-10,14-15,19,23H,11-13H2,1-3H3,(H,26,27)(H,28,31). The van der Waals surface area contributed by atoms with Crippen LogP contribution in [0.4, 0.5) is 4.79 Å². The van der Waals surface area contributed by atoms with Gasteiger partial charge in [0.25, 0.3) is 0 Å². The summed E-state index contributed by atoms with van der Waals surface area (Å²) in [6.45, 7) is 0.444. The molecule has 0 aliphatic carbocycles. The summed E-state index contributed by atoms with van der Waals surface area (Å²) >= 11 is 0. The third-order valence-electron chi connectivity index (χ3n) is 5.98.